The zero-order valence-electron chi connectivity index (χ0n) is 17.5. The van der Waals surface area contributed by atoms with Gasteiger partial charge in [-0.15, -0.1) is 0 Å². The molecule has 4 rings (SSSR count). The molecule has 2 aliphatic heterocycles. The molecule has 7 nitrogen and oxygen atoms in total. The first kappa shape index (κ1) is 21.5. The van der Waals surface area contributed by atoms with E-state index in [0.29, 0.717) is 23.7 Å². The van der Waals surface area contributed by atoms with Crippen molar-refractivity contribution in [3.63, 3.8) is 0 Å². The fraction of sp³-hybridized carbons (Fsp3) is 0.391. The van der Waals surface area contributed by atoms with Crippen molar-refractivity contribution < 1.29 is 14.3 Å². The maximum absolute atomic E-state index is 13.0. The van der Waals surface area contributed by atoms with Gasteiger partial charge in [0.2, 0.25) is 5.91 Å². The molecule has 0 bridgehead atoms. The van der Waals surface area contributed by atoms with Gasteiger partial charge < -0.3 is 25.2 Å². The molecule has 2 aromatic carbocycles. The number of hydrogen-bond acceptors (Lipinski definition) is 4. The van der Waals surface area contributed by atoms with E-state index in [0.717, 1.165) is 37.3 Å². The lowest BCUT2D eigenvalue weighted by Gasteiger charge is -2.33. The highest BCUT2D eigenvalue weighted by Crippen LogP contribution is 2.27. The van der Waals surface area contributed by atoms with Gasteiger partial charge in [-0.2, -0.15) is 0 Å². The standard InChI is InChI=1S/C23H27ClN4O3/c1-31-20-12-14-27(15-20)18-8-10-19(11-9-18)28-13-2-3-21(22(28)29)26-23(30)25-17-6-4-16(24)5-7-17/h4-11,20-21H,2-3,12-15H2,1H3,(H2,25,26,30)/t20?,21-/m1/s1. The van der Waals surface area contributed by atoms with Gasteiger partial charge in [0.05, 0.1) is 6.10 Å². The Morgan fingerprint density at radius 2 is 1.74 bits per heavy atom. The molecule has 2 heterocycles. The van der Waals surface area contributed by atoms with Crippen LogP contribution in [-0.4, -0.2) is 50.8 Å². The van der Waals surface area contributed by atoms with Crippen molar-refractivity contribution in [2.75, 3.05) is 41.9 Å². The van der Waals surface area contributed by atoms with E-state index in [9.17, 15) is 9.59 Å². The van der Waals surface area contributed by atoms with Crippen LogP contribution in [0.2, 0.25) is 5.02 Å². The zero-order valence-corrected chi connectivity index (χ0v) is 18.3. The van der Waals surface area contributed by atoms with Crippen molar-refractivity contribution in [2.24, 2.45) is 0 Å². The Morgan fingerprint density at radius 1 is 1.03 bits per heavy atom. The van der Waals surface area contributed by atoms with Crippen molar-refractivity contribution in [1.82, 2.24) is 5.32 Å². The lowest BCUT2D eigenvalue weighted by atomic mass is 10.0. The summed E-state index contributed by atoms with van der Waals surface area (Å²) in [6, 6.07) is 13.9. The lowest BCUT2D eigenvalue weighted by Crippen LogP contribution is -2.53. The van der Waals surface area contributed by atoms with Gasteiger partial charge in [-0.1, -0.05) is 11.6 Å². The number of urea groups is 1. The Balaban J connectivity index is 1.36. The number of amides is 3. The van der Waals surface area contributed by atoms with E-state index in [-0.39, 0.29) is 12.0 Å². The van der Waals surface area contributed by atoms with Gasteiger partial charge in [0.1, 0.15) is 6.04 Å². The summed E-state index contributed by atoms with van der Waals surface area (Å²) in [5.41, 5.74) is 2.60. The number of hydrogen-bond donors (Lipinski definition) is 2. The second-order valence-corrected chi connectivity index (χ2v) is 8.34. The normalized spacial score (nSPS) is 21.3. The topological polar surface area (TPSA) is 73.9 Å². The summed E-state index contributed by atoms with van der Waals surface area (Å²) in [7, 11) is 1.75. The number of methoxy groups -OCH3 is 1. The van der Waals surface area contributed by atoms with Crippen molar-refractivity contribution in [3.8, 4) is 0 Å². The fourth-order valence-electron chi connectivity index (χ4n) is 4.12. The minimum atomic E-state index is -0.554. The summed E-state index contributed by atoms with van der Waals surface area (Å²) < 4.78 is 5.44. The Labute approximate surface area is 187 Å². The lowest BCUT2D eigenvalue weighted by molar-refractivity contribution is -0.121. The molecule has 2 fully saturated rings. The number of carbonyl (C=O) groups is 2. The number of nitrogens with zero attached hydrogens (tertiary/aromatic N) is 2. The number of halogens is 1. The van der Waals surface area contributed by atoms with Crippen molar-refractivity contribution in [3.05, 3.63) is 53.6 Å². The molecule has 0 aliphatic carbocycles. The number of carbonyl (C=O) groups excluding carboxylic acids is 2. The minimum Gasteiger partial charge on any atom is -0.380 e. The van der Waals surface area contributed by atoms with Crippen molar-refractivity contribution >= 4 is 40.6 Å². The average Bonchev–Trinajstić information content (AvgIpc) is 3.26. The van der Waals surface area contributed by atoms with Crippen LogP contribution >= 0.6 is 11.6 Å². The van der Waals surface area contributed by atoms with Crippen LogP contribution in [0.15, 0.2) is 48.5 Å². The Hall–Kier alpha value is -2.77. The van der Waals surface area contributed by atoms with Crippen LogP contribution in [0.5, 0.6) is 0 Å². The van der Waals surface area contributed by atoms with Gasteiger partial charge in [-0.25, -0.2) is 4.79 Å². The summed E-state index contributed by atoms with van der Waals surface area (Å²) in [5.74, 6) is -0.0918. The molecule has 2 aliphatic rings. The molecule has 0 saturated carbocycles. The van der Waals surface area contributed by atoms with Gasteiger partial charge in [0.25, 0.3) is 0 Å². The number of nitrogens with one attached hydrogen (secondary N) is 2. The molecule has 0 radical (unpaired) electrons. The summed E-state index contributed by atoms with van der Waals surface area (Å²) in [4.78, 5) is 29.4. The maximum atomic E-state index is 13.0. The van der Waals surface area contributed by atoms with E-state index < -0.39 is 12.1 Å². The predicted octanol–water partition coefficient (Wildman–Crippen LogP) is 3.88. The van der Waals surface area contributed by atoms with E-state index in [1.165, 1.54) is 0 Å². The SMILES string of the molecule is COC1CCN(c2ccc(N3CCC[C@@H](NC(=O)Nc4ccc(Cl)cc4)C3=O)cc2)C1. The molecule has 2 saturated heterocycles. The van der Waals surface area contributed by atoms with Crippen LogP contribution in [-0.2, 0) is 9.53 Å². The fourth-order valence-corrected chi connectivity index (χ4v) is 4.25. The molecule has 31 heavy (non-hydrogen) atoms. The van der Waals surface area contributed by atoms with Gasteiger partial charge in [0, 0.05) is 48.8 Å². The smallest absolute Gasteiger partial charge is 0.319 e. The molecule has 2 N–H and O–H groups in total. The number of benzene rings is 2. The second-order valence-electron chi connectivity index (χ2n) is 7.90. The van der Waals surface area contributed by atoms with Crippen LogP contribution in [0.3, 0.4) is 0 Å². The van der Waals surface area contributed by atoms with E-state index in [4.69, 9.17) is 16.3 Å². The zero-order chi connectivity index (χ0) is 21.8. The monoisotopic (exact) mass is 442 g/mol. The molecule has 2 atom stereocenters. The molecule has 0 aromatic heterocycles. The second kappa shape index (κ2) is 9.58. The summed E-state index contributed by atoms with van der Waals surface area (Å²) >= 11 is 5.87. The highest BCUT2D eigenvalue weighted by Gasteiger charge is 2.31. The quantitative estimate of drug-likeness (QED) is 0.736. The van der Waals surface area contributed by atoms with Crippen LogP contribution in [0.1, 0.15) is 19.3 Å². The molecular weight excluding hydrogens is 416 g/mol. The van der Waals surface area contributed by atoms with Gasteiger partial charge in [0.15, 0.2) is 0 Å². The summed E-state index contributed by atoms with van der Waals surface area (Å²) in [6.07, 6.45) is 2.73. The first-order chi connectivity index (χ1) is 15.0. The Morgan fingerprint density at radius 3 is 2.42 bits per heavy atom. The van der Waals surface area contributed by atoms with E-state index in [1.807, 2.05) is 24.3 Å². The molecular formula is C23H27ClN4O3. The maximum Gasteiger partial charge on any atom is 0.319 e. The van der Waals surface area contributed by atoms with Gasteiger partial charge >= 0.3 is 6.03 Å². The highest BCUT2D eigenvalue weighted by atomic mass is 35.5. The van der Waals surface area contributed by atoms with E-state index in [2.05, 4.69) is 15.5 Å². The molecule has 3 amide bonds. The summed E-state index contributed by atoms with van der Waals surface area (Å²) in [6.45, 7) is 2.49. The minimum absolute atomic E-state index is 0.0918. The highest BCUT2D eigenvalue weighted by molar-refractivity contribution is 6.30. The van der Waals surface area contributed by atoms with Crippen LogP contribution in [0.4, 0.5) is 21.9 Å². The van der Waals surface area contributed by atoms with Crippen LogP contribution in [0.25, 0.3) is 0 Å². The van der Waals surface area contributed by atoms with Crippen LogP contribution in [0, 0.1) is 0 Å². The molecule has 8 heteroatoms. The Bertz CT molecular complexity index is 919. The van der Waals surface area contributed by atoms with Crippen molar-refractivity contribution in [2.45, 2.75) is 31.4 Å². The molecule has 1 unspecified atom stereocenters. The largest absolute Gasteiger partial charge is 0.380 e. The average molecular weight is 443 g/mol. The van der Waals surface area contributed by atoms with Crippen LogP contribution < -0.4 is 20.4 Å². The van der Waals surface area contributed by atoms with Crippen molar-refractivity contribution in [1.29, 1.82) is 0 Å². The number of piperidine rings is 1. The third-order valence-corrected chi connectivity index (χ3v) is 6.10. The Kier molecular flexibility index (Phi) is 6.63. The number of ether oxygens (including phenoxy) is 1. The molecule has 0 spiro atoms. The summed E-state index contributed by atoms with van der Waals surface area (Å²) in [5, 5.41) is 6.14. The number of rotatable bonds is 5. The third kappa shape index (κ3) is 5.11. The molecule has 164 valence electrons. The first-order valence-electron chi connectivity index (χ1n) is 10.6. The van der Waals surface area contributed by atoms with E-state index >= 15 is 0 Å². The predicted molar refractivity (Wildman–Crippen MR) is 123 cm³/mol. The van der Waals surface area contributed by atoms with Gasteiger partial charge in [-0.3, -0.25) is 4.79 Å². The molecule has 2 aromatic rings. The first-order valence-corrected chi connectivity index (χ1v) is 10.9. The number of anilines is 3. The third-order valence-electron chi connectivity index (χ3n) is 5.85. The van der Waals surface area contributed by atoms with Gasteiger partial charge in [-0.05, 0) is 67.8 Å². The van der Waals surface area contributed by atoms with E-state index in [1.54, 1.807) is 36.3 Å².